The van der Waals surface area contributed by atoms with Crippen LogP contribution < -0.4 is 5.32 Å². The highest BCUT2D eigenvalue weighted by molar-refractivity contribution is 8.01. The number of amides is 1. The number of nitrogens with zero attached hydrogens (tertiary/aromatic N) is 1. The molecule has 0 aliphatic carbocycles. The summed E-state index contributed by atoms with van der Waals surface area (Å²) in [5.74, 6) is 2.26. The highest BCUT2D eigenvalue weighted by Gasteiger charge is 2.42. The van der Waals surface area contributed by atoms with E-state index in [-0.39, 0.29) is 4.75 Å². The smallest absolute Gasteiger partial charge is 0.238 e. The molecule has 0 bridgehead atoms. The van der Waals surface area contributed by atoms with Crippen molar-refractivity contribution >= 4 is 17.7 Å². The van der Waals surface area contributed by atoms with Crippen molar-refractivity contribution in [2.45, 2.75) is 56.2 Å². The van der Waals surface area contributed by atoms with Crippen LogP contribution in [0.15, 0.2) is 0 Å². The number of hydrogen-bond acceptors (Lipinski definition) is 3. The third kappa shape index (κ3) is 2.80. The topological polar surface area (TPSA) is 32.3 Å². The van der Waals surface area contributed by atoms with Gasteiger partial charge < -0.3 is 10.2 Å². The first kappa shape index (κ1) is 13.7. The molecule has 4 heteroatoms. The molecule has 3 fully saturated rings. The molecule has 3 rings (SSSR count). The standard InChI is InChI=1S/C15H26N2OS/c1-15(7-4-10-19-15)14(18)17-9-3-5-12(11-17)13-6-2-8-16-13/h12-13,16H,2-11H2,1H3. The summed E-state index contributed by atoms with van der Waals surface area (Å²) >= 11 is 1.87. The van der Waals surface area contributed by atoms with E-state index in [1.165, 1.54) is 38.6 Å². The van der Waals surface area contributed by atoms with Gasteiger partial charge in [-0.2, -0.15) is 0 Å². The van der Waals surface area contributed by atoms with Crippen LogP contribution in [0, 0.1) is 5.92 Å². The van der Waals surface area contributed by atoms with Crippen LogP contribution in [0.25, 0.3) is 0 Å². The van der Waals surface area contributed by atoms with Crippen molar-refractivity contribution < 1.29 is 4.79 Å². The third-order valence-corrected chi connectivity index (χ3v) is 6.59. The molecule has 3 aliphatic rings. The number of piperidine rings is 1. The Hall–Kier alpha value is -0.220. The maximum atomic E-state index is 12.8. The zero-order valence-electron chi connectivity index (χ0n) is 12.0. The summed E-state index contributed by atoms with van der Waals surface area (Å²) in [5, 5.41) is 3.62. The Morgan fingerprint density at radius 1 is 1.32 bits per heavy atom. The number of thioether (sulfide) groups is 1. The molecule has 0 aromatic carbocycles. The minimum absolute atomic E-state index is 0.120. The Balaban J connectivity index is 1.62. The molecule has 3 saturated heterocycles. The van der Waals surface area contributed by atoms with Gasteiger partial charge in [0.05, 0.1) is 4.75 Å². The quantitative estimate of drug-likeness (QED) is 0.843. The number of nitrogens with one attached hydrogen (secondary N) is 1. The lowest BCUT2D eigenvalue weighted by Gasteiger charge is -2.39. The molecule has 1 amide bonds. The molecule has 3 heterocycles. The Bertz CT molecular complexity index is 335. The van der Waals surface area contributed by atoms with Gasteiger partial charge in [0.1, 0.15) is 0 Å². The molecule has 3 atom stereocenters. The van der Waals surface area contributed by atoms with Crippen LogP contribution in [-0.2, 0) is 4.79 Å². The Morgan fingerprint density at radius 3 is 2.89 bits per heavy atom. The van der Waals surface area contributed by atoms with Crippen LogP contribution in [0.5, 0.6) is 0 Å². The van der Waals surface area contributed by atoms with Gasteiger partial charge in [-0.25, -0.2) is 0 Å². The zero-order chi connectivity index (χ0) is 13.3. The summed E-state index contributed by atoms with van der Waals surface area (Å²) in [4.78, 5) is 14.9. The summed E-state index contributed by atoms with van der Waals surface area (Å²) < 4.78 is -0.120. The van der Waals surface area contributed by atoms with E-state index in [0.717, 1.165) is 25.3 Å². The summed E-state index contributed by atoms with van der Waals surface area (Å²) in [6.07, 6.45) is 7.37. The molecule has 1 N–H and O–H groups in total. The highest BCUT2D eigenvalue weighted by Crippen LogP contribution is 2.40. The summed E-state index contributed by atoms with van der Waals surface area (Å²) in [6, 6.07) is 0.666. The second kappa shape index (κ2) is 5.65. The van der Waals surface area contributed by atoms with Gasteiger partial charge >= 0.3 is 0 Å². The molecule has 3 aliphatic heterocycles. The van der Waals surface area contributed by atoms with Gasteiger partial charge in [0.25, 0.3) is 0 Å². The molecular formula is C15H26N2OS. The molecular weight excluding hydrogens is 256 g/mol. The molecule has 3 nitrogen and oxygen atoms in total. The van der Waals surface area contributed by atoms with E-state index >= 15 is 0 Å². The fourth-order valence-corrected chi connectivity index (χ4v) is 5.20. The predicted octanol–water partition coefficient (Wildman–Crippen LogP) is 2.26. The van der Waals surface area contributed by atoms with Crippen molar-refractivity contribution in [2.24, 2.45) is 5.92 Å². The Labute approximate surface area is 120 Å². The van der Waals surface area contributed by atoms with Crippen LogP contribution in [-0.4, -0.2) is 47.0 Å². The minimum Gasteiger partial charge on any atom is -0.341 e. The van der Waals surface area contributed by atoms with Crippen molar-refractivity contribution in [2.75, 3.05) is 25.4 Å². The number of likely N-dealkylation sites (tertiary alicyclic amines) is 1. The number of carbonyl (C=O) groups is 1. The molecule has 108 valence electrons. The minimum atomic E-state index is -0.120. The molecule has 3 unspecified atom stereocenters. The second-order valence-corrected chi connectivity index (χ2v) is 8.14. The maximum Gasteiger partial charge on any atom is 0.238 e. The van der Waals surface area contributed by atoms with Gasteiger partial charge in [-0.05, 0) is 63.7 Å². The molecule has 0 aromatic heterocycles. The molecule has 0 spiro atoms. The van der Waals surface area contributed by atoms with E-state index < -0.39 is 0 Å². The fraction of sp³-hybridized carbons (Fsp3) is 0.933. The summed E-state index contributed by atoms with van der Waals surface area (Å²) in [7, 11) is 0. The van der Waals surface area contributed by atoms with Crippen LogP contribution in [0.3, 0.4) is 0 Å². The van der Waals surface area contributed by atoms with Gasteiger partial charge in [-0.15, -0.1) is 11.8 Å². The van der Waals surface area contributed by atoms with Gasteiger partial charge in [0.2, 0.25) is 5.91 Å². The Morgan fingerprint density at radius 2 is 2.21 bits per heavy atom. The predicted molar refractivity (Wildman–Crippen MR) is 80.4 cm³/mol. The van der Waals surface area contributed by atoms with Gasteiger partial charge in [-0.1, -0.05) is 0 Å². The largest absolute Gasteiger partial charge is 0.341 e. The average molecular weight is 282 g/mol. The van der Waals surface area contributed by atoms with Crippen molar-refractivity contribution in [1.82, 2.24) is 10.2 Å². The summed E-state index contributed by atoms with van der Waals surface area (Å²) in [6.45, 7) is 5.30. The fourth-order valence-electron chi connectivity index (χ4n) is 3.92. The molecule has 0 aromatic rings. The zero-order valence-corrected chi connectivity index (χ0v) is 12.8. The number of hydrogen-bond donors (Lipinski definition) is 1. The normalized spacial score (nSPS) is 39.7. The van der Waals surface area contributed by atoms with Crippen molar-refractivity contribution in [3.8, 4) is 0 Å². The number of rotatable bonds is 2. The SMILES string of the molecule is CC1(C(=O)N2CCCC(C3CCCN3)C2)CCCS1. The van der Waals surface area contributed by atoms with E-state index in [2.05, 4.69) is 17.1 Å². The van der Waals surface area contributed by atoms with E-state index in [9.17, 15) is 4.79 Å². The van der Waals surface area contributed by atoms with Crippen LogP contribution in [0.4, 0.5) is 0 Å². The van der Waals surface area contributed by atoms with Crippen molar-refractivity contribution in [3.05, 3.63) is 0 Å². The Kier molecular flexibility index (Phi) is 4.08. The van der Waals surface area contributed by atoms with Gasteiger partial charge in [0, 0.05) is 19.1 Å². The molecule has 0 saturated carbocycles. The molecule has 0 radical (unpaired) electrons. The third-order valence-electron chi connectivity index (χ3n) is 5.08. The maximum absolute atomic E-state index is 12.8. The first-order valence-corrected chi connectivity index (χ1v) is 8.84. The number of carbonyl (C=O) groups excluding carboxylic acids is 1. The molecule has 19 heavy (non-hydrogen) atoms. The first-order chi connectivity index (χ1) is 9.19. The second-order valence-electron chi connectivity index (χ2n) is 6.54. The highest BCUT2D eigenvalue weighted by atomic mass is 32.2. The van der Waals surface area contributed by atoms with Crippen LogP contribution in [0.1, 0.15) is 45.4 Å². The summed E-state index contributed by atoms with van der Waals surface area (Å²) in [5.41, 5.74) is 0. The van der Waals surface area contributed by atoms with E-state index in [4.69, 9.17) is 0 Å². The van der Waals surface area contributed by atoms with Crippen LogP contribution in [0.2, 0.25) is 0 Å². The van der Waals surface area contributed by atoms with Crippen LogP contribution >= 0.6 is 11.8 Å². The lowest BCUT2D eigenvalue weighted by atomic mass is 9.89. The van der Waals surface area contributed by atoms with Crippen molar-refractivity contribution in [1.29, 1.82) is 0 Å². The monoisotopic (exact) mass is 282 g/mol. The van der Waals surface area contributed by atoms with E-state index in [0.29, 0.717) is 17.9 Å². The lowest BCUT2D eigenvalue weighted by Crippen LogP contribution is -2.51. The van der Waals surface area contributed by atoms with E-state index in [1.807, 2.05) is 11.8 Å². The van der Waals surface area contributed by atoms with Gasteiger partial charge in [0.15, 0.2) is 0 Å². The lowest BCUT2D eigenvalue weighted by molar-refractivity contribution is -0.135. The average Bonchev–Trinajstić information content (AvgIpc) is 3.10. The first-order valence-electron chi connectivity index (χ1n) is 7.86. The van der Waals surface area contributed by atoms with E-state index in [1.54, 1.807) is 0 Å². The van der Waals surface area contributed by atoms with Crippen molar-refractivity contribution in [3.63, 3.8) is 0 Å². The van der Waals surface area contributed by atoms with Gasteiger partial charge in [-0.3, -0.25) is 4.79 Å².